The monoisotopic (exact) mass is 288 g/mol. The molecule has 0 saturated carbocycles. The van der Waals surface area contributed by atoms with Crippen molar-refractivity contribution in [1.82, 2.24) is 10.6 Å². The zero-order chi connectivity index (χ0) is 13.0. The van der Waals surface area contributed by atoms with Crippen molar-refractivity contribution in [3.05, 3.63) is 0 Å². The summed E-state index contributed by atoms with van der Waals surface area (Å²) < 4.78 is 0. The zero-order valence-corrected chi connectivity index (χ0v) is 13.0. The van der Waals surface area contributed by atoms with Crippen LogP contribution in [-0.4, -0.2) is 47.5 Å². The third kappa shape index (κ3) is 3.81. The molecule has 2 unspecified atom stereocenters. The fourth-order valence-electron chi connectivity index (χ4n) is 2.63. The van der Waals surface area contributed by atoms with E-state index in [4.69, 9.17) is 0 Å². The maximum Gasteiger partial charge on any atom is 0.237 e. The highest BCUT2D eigenvalue weighted by atomic mass is 32.2. The van der Waals surface area contributed by atoms with E-state index < -0.39 is 0 Å². The lowest BCUT2D eigenvalue weighted by Crippen LogP contribution is -2.56. The number of thioether (sulfide) groups is 2. The molecule has 2 fully saturated rings. The lowest BCUT2D eigenvalue weighted by molar-refractivity contribution is -0.126. The smallest absolute Gasteiger partial charge is 0.237 e. The van der Waals surface area contributed by atoms with E-state index in [0.717, 1.165) is 19.5 Å². The van der Waals surface area contributed by atoms with Crippen molar-refractivity contribution in [2.45, 2.75) is 38.0 Å². The van der Waals surface area contributed by atoms with E-state index in [1.54, 1.807) is 0 Å². The van der Waals surface area contributed by atoms with Gasteiger partial charge in [-0.2, -0.15) is 23.5 Å². The average Bonchev–Trinajstić information content (AvgIpc) is 2.37. The van der Waals surface area contributed by atoms with Crippen molar-refractivity contribution in [3.63, 3.8) is 0 Å². The summed E-state index contributed by atoms with van der Waals surface area (Å²) in [6, 6.07) is -0.0208. The molecule has 2 saturated heterocycles. The number of hydrogen-bond acceptors (Lipinski definition) is 4. The molecule has 104 valence electrons. The van der Waals surface area contributed by atoms with Gasteiger partial charge in [0.15, 0.2) is 0 Å². The predicted molar refractivity (Wildman–Crippen MR) is 81.4 cm³/mol. The molecule has 0 aliphatic carbocycles. The van der Waals surface area contributed by atoms with E-state index in [1.165, 1.54) is 23.7 Å². The molecule has 0 radical (unpaired) electrons. The average molecular weight is 288 g/mol. The van der Waals surface area contributed by atoms with Gasteiger partial charge in [0.25, 0.3) is 0 Å². The van der Waals surface area contributed by atoms with E-state index in [2.05, 4.69) is 24.5 Å². The molecule has 0 bridgehead atoms. The van der Waals surface area contributed by atoms with Gasteiger partial charge in [-0.1, -0.05) is 13.8 Å². The van der Waals surface area contributed by atoms with Crippen LogP contribution in [0.4, 0.5) is 0 Å². The Labute approximate surface area is 119 Å². The first kappa shape index (κ1) is 14.5. The molecule has 2 atom stereocenters. The largest absolute Gasteiger partial charge is 0.354 e. The predicted octanol–water partition coefficient (Wildman–Crippen LogP) is 1.73. The highest BCUT2D eigenvalue weighted by Crippen LogP contribution is 2.30. The Balaban J connectivity index is 1.79. The Morgan fingerprint density at radius 1 is 1.44 bits per heavy atom. The lowest BCUT2D eigenvalue weighted by Gasteiger charge is -2.38. The first-order valence-corrected chi connectivity index (χ1v) is 9.00. The number of hydrogen-bond donors (Lipinski definition) is 2. The van der Waals surface area contributed by atoms with Gasteiger partial charge in [0.2, 0.25) is 5.91 Å². The molecule has 0 aromatic rings. The number of rotatable bonds is 3. The second kappa shape index (κ2) is 6.53. The summed E-state index contributed by atoms with van der Waals surface area (Å²) >= 11 is 4.00. The number of piperidine rings is 1. The fraction of sp³-hybridized carbons (Fsp3) is 0.923. The van der Waals surface area contributed by atoms with Crippen LogP contribution in [0.1, 0.15) is 26.7 Å². The van der Waals surface area contributed by atoms with Crippen molar-refractivity contribution in [2.24, 2.45) is 5.41 Å². The van der Waals surface area contributed by atoms with Gasteiger partial charge in [-0.15, -0.1) is 0 Å². The first-order valence-electron chi connectivity index (χ1n) is 6.80. The first-order chi connectivity index (χ1) is 8.59. The molecule has 0 aromatic carbocycles. The molecule has 2 rings (SSSR count). The van der Waals surface area contributed by atoms with Gasteiger partial charge in [0, 0.05) is 29.1 Å². The SMILES string of the molecule is CC1(C)CCCNC1C(=O)NCC1CSCCS1. The van der Waals surface area contributed by atoms with Crippen LogP contribution < -0.4 is 10.6 Å². The molecule has 2 aliphatic rings. The van der Waals surface area contributed by atoms with Crippen LogP contribution in [0.3, 0.4) is 0 Å². The van der Waals surface area contributed by atoms with E-state index in [0.29, 0.717) is 5.25 Å². The summed E-state index contributed by atoms with van der Waals surface area (Å²) in [6.07, 6.45) is 2.30. The minimum atomic E-state index is -0.0208. The Bertz CT molecular complexity index is 291. The van der Waals surface area contributed by atoms with Crippen LogP contribution in [0, 0.1) is 5.41 Å². The summed E-state index contributed by atoms with van der Waals surface area (Å²) in [4.78, 5) is 12.3. The summed E-state index contributed by atoms with van der Waals surface area (Å²) in [5.74, 6) is 3.84. The third-order valence-electron chi connectivity index (χ3n) is 3.78. The Morgan fingerprint density at radius 3 is 2.94 bits per heavy atom. The van der Waals surface area contributed by atoms with Gasteiger partial charge in [-0.25, -0.2) is 0 Å². The molecule has 3 nitrogen and oxygen atoms in total. The van der Waals surface area contributed by atoms with Gasteiger partial charge < -0.3 is 10.6 Å². The van der Waals surface area contributed by atoms with Crippen molar-refractivity contribution in [3.8, 4) is 0 Å². The van der Waals surface area contributed by atoms with Crippen LogP contribution in [0.5, 0.6) is 0 Å². The van der Waals surface area contributed by atoms with Crippen LogP contribution >= 0.6 is 23.5 Å². The molecular formula is C13H24N2OS2. The maximum absolute atomic E-state index is 12.3. The molecule has 0 aromatic heterocycles. The molecule has 0 spiro atoms. The number of amides is 1. The normalized spacial score (nSPS) is 31.9. The van der Waals surface area contributed by atoms with E-state index >= 15 is 0 Å². The van der Waals surface area contributed by atoms with Gasteiger partial charge >= 0.3 is 0 Å². The molecule has 2 heterocycles. The summed E-state index contributed by atoms with van der Waals surface area (Å²) in [5, 5.41) is 7.11. The topological polar surface area (TPSA) is 41.1 Å². The van der Waals surface area contributed by atoms with Gasteiger partial charge in [-0.05, 0) is 24.8 Å². The molecule has 1 amide bonds. The number of nitrogens with one attached hydrogen (secondary N) is 2. The van der Waals surface area contributed by atoms with Crippen molar-refractivity contribution in [1.29, 1.82) is 0 Å². The molecule has 18 heavy (non-hydrogen) atoms. The van der Waals surface area contributed by atoms with Crippen LogP contribution in [0.2, 0.25) is 0 Å². The maximum atomic E-state index is 12.3. The lowest BCUT2D eigenvalue weighted by atomic mass is 9.77. The summed E-state index contributed by atoms with van der Waals surface area (Å²) in [7, 11) is 0. The van der Waals surface area contributed by atoms with Crippen molar-refractivity contribution < 1.29 is 4.79 Å². The summed E-state index contributed by atoms with van der Waals surface area (Å²) in [6.45, 7) is 6.17. The molecule has 2 aliphatic heterocycles. The minimum Gasteiger partial charge on any atom is -0.354 e. The molecular weight excluding hydrogens is 264 g/mol. The van der Waals surface area contributed by atoms with Gasteiger partial charge in [0.05, 0.1) is 6.04 Å². The Hall–Kier alpha value is 0.130. The third-order valence-corrected chi connectivity index (χ3v) is 6.62. The van der Waals surface area contributed by atoms with Crippen LogP contribution in [-0.2, 0) is 4.79 Å². The second-order valence-corrected chi connectivity index (χ2v) is 8.35. The zero-order valence-electron chi connectivity index (χ0n) is 11.3. The second-order valence-electron chi connectivity index (χ2n) is 5.79. The fourth-order valence-corrected chi connectivity index (χ4v) is 5.24. The standard InChI is InChI=1S/C13H24N2OS2/c1-13(2)4-3-5-14-11(13)12(16)15-8-10-9-17-6-7-18-10/h10-11,14H,3-9H2,1-2H3,(H,15,16). The van der Waals surface area contributed by atoms with Crippen molar-refractivity contribution in [2.75, 3.05) is 30.3 Å². The van der Waals surface area contributed by atoms with Crippen molar-refractivity contribution >= 4 is 29.4 Å². The van der Waals surface area contributed by atoms with E-state index in [9.17, 15) is 4.79 Å². The number of carbonyl (C=O) groups excluding carboxylic acids is 1. The molecule has 5 heteroatoms. The van der Waals surface area contributed by atoms with Crippen LogP contribution in [0.15, 0.2) is 0 Å². The highest BCUT2D eigenvalue weighted by Gasteiger charge is 2.37. The minimum absolute atomic E-state index is 0.0208. The summed E-state index contributed by atoms with van der Waals surface area (Å²) in [5.41, 5.74) is 0.0801. The van der Waals surface area contributed by atoms with E-state index in [-0.39, 0.29) is 17.4 Å². The Morgan fingerprint density at radius 2 is 2.28 bits per heavy atom. The van der Waals surface area contributed by atoms with E-state index in [1.807, 2.05) is 23.5 Å². The highest BCUT2D eigenvalue weighted by molar-refractivity contribution is 8.06. The Kier molecular flexibility index (Phi) is 5.27. The van der Waals surface area contributed by atoms with Gasteiger partial charge in [-0.3, -0.25) is 4.79 Å². The van der Waals surface area contributed by atoms with Gasteiger partial charge in [0.1, 0.15) is 0 Å². The molecule has 2 N–H and O–H groups in total. The number of carbonyl (C=O) groups is 1. The quantitative estimate of drug-likeness (QED) is 0.830. The van der Waals surface area contributed by atoms with Crippen LogP contribution in [0.25, 0.3) is 0 Å².